The average molecular weight is 301 g/mol. The summed E-state index contributed by atoms with van der Waals surface area (Å²) in [6.07, 6.45) is 1.45. The van der Waals surface area contributed by atoms with Gasteiger partial charge in [0.15, 0.2) is 0 Å². The summed E-state index contributed by atoms with van der Waals surface area (Å²) < 4.78 is 1.56. The van der Waals surface area contributed by atoms with Gasteiger partial charge in [-0.15, -0.1) is 0 Å². The van der Waals surface area contributed by atoms with E-state index in [0.717, 1.165) is 11.1 Å². The molecule has 6 heteroatoms. The fourth-order valence-corrected chi connectivity index (χ4v) is 2.45. The monoisotopic (exact) mass is 301 g/mol. The van der Waals surface area contributed by atoms with E-state index in [-0.39, 0.29) is 12.3 Å². The van der Waals surface area contributed by atoms with Crippen molar-refractivity contribution >= 4 is 11.9 Å². The summed E-state index contributed by atoms with van der Waals surface area (Å²) in [5, 5.41) is 16.0. The van der Waals surface area contributed by atoms with E-state index in [4.69, 9.17) is 5.11 Å². The van der Waals surface area contributed by atoms with Gasteiger partial charge in [0.2, 0.25) is 0 Å². The Morgan fingerprint density at radius 2 is 2.00 bits per heavy atom. The number of hydrogen-bond donors (Lipinski definition) is 2. The molecule has 1 aromatic heterocycles. The van der Waals surface area contributed by atoms with Crippen LogP contribution in [-0.2, 0) is 11.8 Å². The van der Waals surface area contributed by atoms with Crippen molar-refractivity contribution < 1.29 is 14.7 Å². The van der Waals surface area contributed by atoms with Crippen LogP contribution in [0.15, 0.2) is 30.5 Å². The van der Waals surface area contributed by atoms with E-state index < -0.39 is 12.0 Å². The molecule has 1 amide bonds. The van der Waals surface area contributed by atoms with E-state index >= 15 is 0 Å². The van der Waals surface area contributed by atoms with E-state index in [0.29, 0.717) is 11.3 Å². The van der Waals surface area contributed by atoms with Crippen molar-refractivity contribution in [1.29, 1.82) is 0 Å². The van der Waals surface area contributed by atoms with Crippen molar-refractivity contribution in [1.82, 2.24) is 15.1 Å². The van der Waals surface area contributed by atoms with E-state index in [2.05, 4.69) is 10.4 Å². The van der Waals surface area contributed by atoms with Gasteiger partial charge in [0.25, 0.3) is 5.91 Å². The molecular formula is C16H19N3O3. The third kappa shape index (κ3) is 3.52. The van der Waals surface area contributed by atoms with Gasteiger partial charge >= 0.3 is 5.97 Å². The number of carbonyl (C=O) groups excluding carboxylic acids is 1. The predicted molar refractivity (Wildman–Crippen MR) is 81.6 cm³/mol. The van der Waals surface area contributed by atoms with E-state index in [1.54, 1.807) is 24.9 Å². The molecule has 1 atom stereocenters. The third-order valence-corrected chi connectivity index (χ3v) is 3.51. The Balaban J connectivity index is 2.27. The minimum Gasteiger partial charge on any atom is -0.481 e. The number of aryl methyl sites for hydroxylation is 3. The molecule has 0 saturated heterocycles. The number of amides is 1. The molecule has 0 spiro atoms. The maximum atomic E-state index is 12.4. The van der Waals surface area contributed by atoms with Crippen LogP contribution in [0.1, 0.15) is 39.6 Å². The Morgan fingerprint density at radius 1 is 1.32 bits per heavy atom. The average Bonchev–Trinajstić information content (AvgIpc) is 2.77. The summed E-state index contributed by atoms with van der Waals surface area (Å²) in [4.78, 5) is 23.5. The summed E-state index contributed by atoms with van der Waals surface area (Å²) in [7, 11) is 1.74. The van der Waals surface area contributed by atoms with Gasteiger partial charge in [-0.3, -0.25) is 14.3 Å². The second-order valence-corrected chi connectivity index (χ2v) is 5.28. The molecule has 116 valence electrons. The lowest BCUT2D eigenvalue weighted by Crippen LogP contribution is -2.30. The number of carboxylic acids is 1. The zero-order valence-corrected chi connectivity index (χ0v) is 12.8. The van der Waals surface area contributed by atoms with E-state index in [1.165, 1.54) is 0 Å². The minimum atomic E-state index is -0.962. The Hall–Kier alpha value is -2.63. The number of hydrogen-bond acceptors (Lipinski definition) is 3. The van der Waals surface area contributed by atoms with E-state index in [1.807, 2.05) is 31.2 Å². The lowest BCUT2D eigenvalue weighted by Gasteiger charge is -2.19. The molecule has 22 heavy (non-hydrogen) atoms. The number of aliphatic carboxylic acids is 1. The van der Waals surface area contributed by atoms with Gasteiger partial charge in [-0.1, -0.05) is 24.3 Å². The summed E-state index contributed by atoms with van der Waals surface area (Å²) in [5.41, 5.74) is 2.81. The molecule has 2 rings (SSSR count). The van der Waals surface area contributed by atoms with Crippen LogP contribution in [0.2, 0.25) is 0 Å². The molecule has 1 unspecified atom stereocenters. The van der Waals surface area contributed by atoms with Gasteiger partial charge in [0.05, 0.1) is 23.7 Å². The second-order valence-electron chi connectivity index (χ2n) is 5.28. The Kier molecular flexibility index (Phi) is 4.60. The number of carbonyl (C=O) groups is 2. The lowest BCUT2D eigenvalue weighted by molar-refractivity contribution is -0.137. The number of benzene rings is 1. The Morgan fingerprint density at radius 3 is 2.55 bits per heavy atom. The fraction of sp³-hybridized carbons (Fsp3) is 0.312. The Labute approximate surface area is 128 Å². The number of nitrogens with zero attached hydrogens (tertiary/aromatic N) is 2. The van der Waals surface area contributed by atoms with Crippen molar-refractivity contribution in [3.05, 3.63) is 52.8 Å². The van der Waals surface area contributed by atoms with Crippen LogP contribution in [0, 0.1) is 13.8 Å². The highest BCUT2D eigenvalue weighted by Gasteiger charge is 2.22. The minimum absolute atomic E-state index is 0.171. The van der Waals surface area contributed by atoms with Gasteiger partial charge in [0.1, 0.15) is 0 Å². The summed E-state index contributed by atoms with van der Waals surface area (Å²) in [6.45, 7) is 3.64. The third-order valence-electron chi connectivity index (χ3n) is 3.51. The smallest absolute Gasteiger partial charge is 0.305 e. The van der Waals surface area contributed by atoms with Crippen LogP contribution < -0.4 is 5.32 Å². The van der Waals surface area contributed by atoms with Crippen LogP contribution >= 0.6 is 0 Å². The van der Waals surface area contributed by atoms with Crippen LogP contribution in [0.3, 0.4) is 0 Å². The summed E-state index contributed by atoms with van der Waals surface area (Å²) in [5.74, 6) is -1.28. The number of carboxylic acid groups (broad SMARTS) is 1. The largest absolute Gasteiger partial charge is 0.481 e. The zero-order chi connectivity index (χ0) is 16.3. The first-order valence-corrected chi connectivity index (χ1v) is 6.97. The van der Waals surface area contributed by atoms with Crippen LogP contribution in [0.25, 0.3) is 0 Å². The van der Waals surface area contributed by atoms with Crippen molar-refractivity contribution in [2.45, 2.75) is 26.3 Å². The predicted octanol–water partition coefficient (Wildman–Crippen LogP) is 1.98. The highest BCUT2D eigenvalue weighted by atomic mass is 16.4. The summed E-state index contributed by atoms with van der Waals surface area (Å²) >= 11 is 0. The SMILES string of the molecule is Cc1ccccc1C(CC(=O)O)NC(=O)c1cn(C)nc1C. The normalized spacial score (nSPS) is 12.0. The molecule has 0 aliphatic heterocycles. The molecule has 0 saturated carbocycles. The maximum absolute atomic E-state index is 12.4. The number of nitrogens with one attached hydrogen (secondary N) is 1. The van der Waals surface area contributed by atoms with Gasteiger partial charge in [-0.05, 0) is 25.0 Å². The zero-order valence-electron chi connectivity index (χ0n) is 12.8. The molecule has 1 aromatic carbocycles. The highest BCUT2D eigenvalue weighted by molar-refractivity contribution is 5.95. The van der Waals surface area contributed by atoms with Crippen molar-refractivity contribution in [2.75, 3.05) is 0 Å². The van der Waals surface area contributed by atoms with Crippen LogP contribution in [0.5, 0.6) is 0 Å². The maximum Gasteiger partial charge on any atom is 0.305 e. The topological polar surface area (TPSA) is 84.2 Å². The lowest BCUT2D eigenvalue weighted by atomic mass is 9.98. The second kappa shape index (κ2) is 6.43. The Bertz CT molecular complexity index is 706. The fourth-order valence-electron chi connectivity index (χ4n) is 2.45. The number of aromatic nitrogens is 2. The molecule has 0 bridgehead atoms. The van der Waals surface area contributed by atoms with Crippen LogP contribution in [0.4, 0.5) is 0 Å². The molecule has 0 aliphatic rings. The molecule has 0 radical (unpaired) electrons. The first-order chi connectivity index (χ1) is 10.4. The molecule has 0 fully saturated rings. The number of rotatable bonds is 5. The first-order valence-electron chi connectivity index (χ1n) is 6.97. The molecular weight excluding hydrogens is 282 g/mol. The first kappa shape index (κ1) is 15.8. The molecule has 2 aromatic rings. The van der Waals surface area contributed by atoms with Crippen molar-refractivity contribution in [3.8, 4) is 0 Å². The standard InChI is InChI=1S/C16H19N3O3/c1-10-6-4-5-7-12(10)14(8-15(20)21)17-16(22)13-9-19(3)18-11(13)2/h4-7,9,14H,8H2,1-3H3,(H,17,22)(H,20,21). The van der Waals surface area contributed by atoms with E-state index in [9.17, 15) is 9.59 Å². The molecule has 2 N–H and O–H groups in total. The molecule has 0 aliphatic carbocycles. The highest BCUT2D eigenvalue weighted by Crippen LogP contribution is 2.21. The van der Waals surface area contributed by atoms with Gasteiger partial charge in [0, 0.05) is 13.2 Å². The van der Waals surface area contributed by atoms with Crippen molar-refractivity contribution in [3.63, 3.8) is 0 Å². The van der Waals surface area contributed by atoms with Crippen LogP contribution in [-0.4, -0.2) is 26.8 Å². The molecule has 1 heterocycles. The van der Waals surface area contributed by atoms with Crippen molar-refractivity contribution in [2.24, 2.45) is 7.05 Å². The quantitative estimate of drug-likeness (QED) is 0.884. The van der Waals surface area contributed by atoms with Gasteiger partial charge < -0.3 is 10.4 Å². The molecule has 6 nitrogen and oxygen atoms in total. The summed E-state index contributed by atoms with van der Waals surface area (Å²) in [6, 6.07) is 6.86. The van der Waals surface area contributed by atoms with Gasteiger partial charge in [-0.25, -0.2) is 0 Å². The van der Waals surface area contributed by atoms with Gasteiger partial charge in [-0.2, -0.15) is 5.10 Å².